The van der Waals surface area contributed by atoms with Gasteiger partial charge in [0.15, 0.2) is 0 Å². The first-order valence-corrected chi connectivity index (χ1v) is 11.1. The van der Waals surface area contributed by atoms with E-state index in [0.29, 0.717) is 28.1 Å². The minimum absolute atomic E-state index is 0.0295. The highest BCUT2D eigenvalue weighted by Crippen LogP contribution is 2.30. The van der Waals surface area contributed by atoms with Crippen molar-refractivity contribution in [1.29, 1.82) is 0 Å². The largest absolute Gasteiger partial charge is 0.416 e. The maximum atomic E-state index is 13.2. The van der Waals surface area contributed by atoms with Crippen LogP contribution in [0.5, 0.6) is 0 Å². The summed E-state index contributed by atoms with van der Waals surface area (Å²) in [6.45, 7) is 3.96. The van der Waals surface area contributed by atoms with Crippen LogP contribution in [0, 0.1) is 0 Å². The molecule has 0 spiro atoms. The fourth-order valence-electron chi connectivity index (χ4n) is 3.46. The maximum absolute atomic E-state index is 13.2. The molecule has 170 valence electrons. The molecular weight excluding hydrogens is 497 g/mol. The predicted molar refractivity (Wildman–Crippen MR) is 126 cm³/mol. The Morgan fingerprint density at radius 1 is 1.15 bits per heavy atom. The number of aromatic nitrogens is 3. The van der Waals surface area contributed by atoms with Gasteiger partial charge in [0.25, 0.3) is 5.56 Å². The van der Waals surface area contributed by atoms with E-state index in [1.165, 1.54) is 17.0 Å². The molecule has 0 saturated heterocycles. The molecule has 0 radical (unpaired) electrons. The topological polar surface area (TPSA) is 52.2 Å². The fourth-order valence-corrected chi connectivity index (χ4v) is 3.82. The van der Waals surface area contributed by atoms with E-state index in [1.54, 1.807) is 41.1 Å². The second-order valence-electron chi connectivity index (χ2n) is 7.65. The van der Waals surface area contributed by atoms with Crippen LogP contribution in [-0.4, -0.2) is 20.4 Å². The van der Waals surface area contributed by atoms with Crippen molar-refractivity contribution in [2.75, 3.05) is 0 Å². The van der Waals surface area contributed by atoms with Gasteiger partial charge in [-0.3, -0.25) is 4.79 Å². The average Bonchev–Trinajstić information content (AvgIpc) is 3.26. The minimum Gasteiger partial charge on any atom is -0.316 e. The van der Waals surface area contributed by atoms with Gasteiger partial charge in [0.05, 0.1) is 28.4 Å². The van der Waals surface area contributed by atoms with Gasteiger partial charge in [0, 0.05) is 22.3 Å². The van der Waals surface area contributed by atoms with Crippen LogP contribution >= 0.6 is 15.9 Å². The maximum Gasteiger partial charge on any atom is 0.416 e. The average molecular weight is 517 g/mol. The summed E-state index contributed by atoms with van der Waals surface area (Å²) in [5, 5.41) is 4.83. The van der Waals surface area contributed by atoms with Crippen molar-refractivity contribution in [1.82, 2.24) is 14.2 Å². The fraction of sp³-hybridized carbons (Fsp3) is 0.208. The summed E-state index contributed by atoms with van der Waals surface area (Å²) in [6, 6.07) is 13.8. The molecule has 1 atom stereocenters. The quantitative estimate of drug-likeness (QED) is 0.289. The lowest BCUT2D eigenvalue weighted by Gasteiger charge is -2.14. The van der Waals surface area contributed by atoms with Crippen molar-refractivity contribution in [3.63, 3.8) is 0 Å². The first-order chi connectivity index (χ1) is 15.7. The molecule has 2 aromatic carbocycles. The first-order valence-electron chi connectivity index (χ1n) is 10.3. The van der Waals surface area contributed by atoms with Crippen molar-refractivity contribution in [2.24, 2.45) is 5.10 Å². The van der Waals surface area contributed by atoms with E-state index in [0.717, 1.165) is 23.0 Å². The van der Waals surface area contributed by atoms with Crippen LogP contribution in [0.2, 0.25) is 0 Å². The third-order valence-corrected chi connectivity index (χ3v) is 5.92. The Morgan fingerprint density at radius 2 is 1.94 bits per heavy atom. The summed E-state index contributed by atoms with van der Waals surface area (Å²) < 4.78 is 43.0. The number of rotatable bonds is 5. The van der Waals surface area contributed by atoms with Gasteiger partial charge >= 0.3 is 6.18 Å². The molecule has 0 N–H and O–H groups in total. The number of halogens is 4. The Bertz CT molecular complexity index is 1410. The van der Waals surface area contributed by atoms with E-state index >= 15 is 0 Å². The summed E-state index contributed by atoms with van der Waals surface area (Å²) in [6.07, 6.45) is -0.588. The molecule has 5 nitrogen and oxygen atoms in total. The zero-order chi connectivity index (χ0) is 23.8. The molecule has 4 aromatic rings. The lowest BCUT2D eigenvalue weighted by atomic mass is 10.1. The molecular formula is C24H20BrF3N4O. The van der Waals surface area contributed by atoms with Crippen LogP contribution in [-0.2, 0) is 6.18 Å². The van der Waals surface area contributed by atoms with Gasteiger partial charge in [0.1, 0.15) is 5.82 Å². The molecule has 0 saturated carbocycles. The molecule has 4 rings (SSSR count). The zero-order valence-corrected chi connectivity index (χ0v) is 19.4. The lowest BCUT2D eigenvalue weighted by Crippen LogP contribution is -2.24. The Hall–Kier alpha value is -3.20. The van der Waals surface area contributed by atoms with E-state index in [4.69, 9.17) is 0 Å². The van der Waals surface area contributed by atoms with Gasteiger partial charge in [-0.25, -0.2) is 4.98 Å². The number of hydrogen-bond donors (Lipinski definition) is 0. The monoisotopic (exact) mass is 516 g/mol. The molecule has 2 aromatic heterocycles. The summed E-state index contributed by atoms with van der Waals surface area (Å²) in [4.78, 5) is 17.9. The Labute approximate surface area is 196 Å². The van der Waals surface area contributed by atoms with E-state index in [1.807, 2.05) is 19.9 Å². The van der Waals surface area contributed by atoms with E-state index in [9.17, 15) is 18.0 Å². The summed E-state index contributed by atoms with van der Waals surface area (Å²) in [7, 11) is 0. The smallest absolute Gasteiger partial charge is 0.316 e. The Morgan fingerprint density at radius 3 is 2.67 bits per heavy atom. The van der Waals surface area contributed by atoms with Crippen LogP contribution in [0.1, 0.15) is 43.3 Å². The number of fused-ring (bicyclic) bond motifs is 1. The molecule has 0 aliphatic rings. The van der Waals surface area contributed by atoms with Crippen LogP contribution in [0.3, 0.4) is 0 Å². The van der Waals surface area contributed by atoms with Gasteiger partial charge in [-0.05, 0) is 55.0 Å². The molecule has 2 heterocycles. The van der Waals surface area contributed by atoms with Gasteiger partial charge in [-0.1, -0.05) is 35.8 Å². The van der Waals surface area contributed by atoms with Crippen LogP contribution in [0.15, 0.2) is 75.2 Å². The highest BCUT2D eigenvalue weighted by molar-refractivity contribution is 9.10. The molecule has 0 aliphatic heterocycles. The van der Waals surface area contributed by atoms with Crippen molar-refractivity contribution >= 4 is 33.0 Å². The number of nitrogens with zero attached hydrogens (tertiary/aromatic N) is 4. The van der Waals surface area contributed by atoms with E-state index < -0.39 is 11.7 Å². The number of alkyl halides is 3. The lowest BCUT2D eigenvalue weighted by molar-refractivity contribution is -0.137. The van der Waals surface area contributed by atoms with Crippen molar-refractivity contribution in [3.8, 4) is 5.69 Å². The molecule has 0 fully saturated rings. The molecule has 9 heteroatoms. The van der Waals surface area contributed by atoms with E-state index in [2.05, 4.69) is 26.0 Å². The third kappa shape index (κ3) is 4.64. The van der Waals surface area contributed by atoms with Gasteiger partial charge in [-0.2, -0.15) is 22.9 Å². The molecule has 0 unspecified atom stereocenters. The zero-order valence-electron chi connectivity index (χ0n) is 17.8. The summed E-state index contributed by atoms with van der Waals surface area (Å²) >= 11 is 3.38. The van der Waals surface area contributed by atoms with Gasteiger partial charge in [0.2, 0.25) is 0 Å². The highest BCUT2D eigenvalue weighted by atomic mass is 79.9. The normalized spacial score (nSPS) is 13.2. The van der Waals surface area contributed by atoms with Crippen molar-refractivity contribution in [2.45, 2.75) is 32.4 Å². The first kappa shape index (κ1) is 23.0. The third-order valence-electron chi connectivity index (χ3n) is 5.42. The van der Waals surface area contributed by atoms with Crippen LogP contribution in [0.4, 0.5) is 13.2 Å². The van der Waals surface area contributed by atoms with Crippen LogP contribution in [0.25, 0.3) is 16.6 Å². The standard InChI is InChI=1S/C24H20BrF3N4O/c1-3-15(2)22-30-21-10-9-17(25)13-20(21)23(33)32(22)29-14-19-8-5-11-31(19)18-7-4-6-16(12-18)24(26,27)28/h4-15H,3H2,1-2H3/t15-/m1/s1. The second kappa shape index (κ2) is 8.97. The molecule has 0 amide bonds. The SMILES string of the molecule is CC[C@@H](C)c1nc2ccc(Br)cc2c(=O)n1N=Cc1cccn1-c1cccc(C(F)(F)F)c1. The molecule has 0 bridgehead atoms. The van der Waals surface area contributed by atoms with E-state index in [-0.39, 0.29) is 11.5 Å². The Kier molecular flexibility index (Phi) is 6.25. The van der Waals surface area contributed by atoms with Crippen LogP contribution < -0.4 is 5.56 Å². The van der Waals surface area contributed by atoms with Crippen molar-refractivity contribution < 1.29 is 13.2 Å². The predicted octanol–water partition coefficient (Wildman–Crippen LogP) is 6.36. The Balaban J connectivity index is 1.82. The second-order valence-corrected chi connectivity index (χ2v) is 8.57. The van der Waals surface area contributed by atoms with Crippen molar-refractivity contribution in [3.05, 3.63) is 92.7 Å². The number of hydrogen-bond acceptors (Lipinski definition) is 3. The molecule has 33 heavy (non-hydrogen) atoms. The van der Waals surface area contributed by atoms with Gasteiger partial charge < -0.3 is 4.57 Å². The number of benzene rings is 2. The summed E-state index contributed by atoms with van der Waals surface area (Å²) in [5.41, 5.74) is 0.385. The highest BCUT2D eigenvalue weighted by Gasteiger charge is 2.30. The minimum atomic E-state index is -4.44. The molecule has 0 aliphatic carbocycles. The summed E-state index contributed by atoms with van der Waals surface area (Å²) in [5.74, 6) is 0.490. The van der Waals surface area contributed by atoms with Gasteiger partial charge in [-0.15, -0.1) is 0 Å².